The quantitative estimate of drug-likeness (QED) is 0.783. The van der Waals surface area contributed by atoms with E-state index in [1.807, 2.05) is 24.3 Å². The lowest BCUT2D eigenvalue weighted by Crippen LogP contribution is -2.28. The molecule has 0 spiro atoms. The van der Waals surface area contributed by atoms with Crippen LogP contribution in [0.2, 0.25) is 0 Å². The van der Waals surface area contributed by atoms with E-state index in [0.717, 1.165) is 11.3 Å². The minimum Gasteiger partial charge on any atom is -0.497 e. The lowest BCUT2D eigenvalue weighted by atomic mass is 10.2. The summed E-state index contributed by atoms with van der Waals surface area (Å²) in [6, 6.07) is 10.8. The number of nitrogen functional groups attached to an aromatic ring is 1. The van der Waals surface area contributed by atoms with Crippen molar-refractivity contribution >= 4 is 17.3 Å². The SMILES string of the molecule is COc1cccc(COC(C)C(=O)Nc2cc3c(cc2N)OCO3)c1. The first-order chi connectivity index (χ1) is 12.1. The summed E-state index contributed by atoms with van der Waals surface area (Å²) in [7, 11) is 1.60. The summed E-state index contributed by atoms with van der Waals surface area (Å²) in [4.78, 5) is 12.3. The highest BCUT2D eigenvalue weighted by atomic mass is 16.7. The monoisotopic (exact) mass is 344 g/mol. The van der Waals surface area contributed by atoms with Crippen LogP contribution in [0.25, 0.3) is 0 Å². The average Bonchev–Trinajstić information content (AvgIpc) is 3.07. The van der Waals surface area contributed by atoms with Crippen molar-refractivity contribution in [1.82, 2.24) is 0 Å². The zero-order valence-electron chi connectivity index (χ0n) is 14.1. The van der Waals surface area contributed by atoms with Crippen molar-refractivity contribution in [2.45, 2.75) is 19.6 Å². The molecule has 0 saturated carbocycles. The Balaban J connectivity index is 1.59. The summed E-state index contributed by atoms with van der Waals surface area (Å²) in [5.41, 5.74) is 7.72. The van der Waals surface area contributed by atoms with E-state index in [4.69, 9.17) is 24.7 Å². The molecule has 0 radical (unpaired) electrons. The third kappa shape index (κ3) is 3.95. The highest BCUT2D eigenvalue weighted by Crippen LogP contribution is 2.38. The van der Waals surface area contributed by atoms with Crippen molar-refractivity contribution < 1.29 is 23.7 Å². The summed E-state index contributed by atoms with van der Waals surface area (Å²) in [6.07, 6.45) is -0.656. The molecule has 1 atom stereocenters. The Morgan fingerprint density at radius 1 is 1.28 bits per heavy atom. The van der Waals surface area contributed by atoms with Crippen LogP contribution < -0.4 is 25.3 Å². The van der Waals surface area contributed by atoms with E-state index < -0.39 is 6.10 Å². The number of hydrogen-bond donors (Lipinski definition) is 2. The van der Waals surface area contributed by atoms with Crippen LogP contribution in [0.3, 0.4) is 0 Å². The zero-order chi connectivity index (χ0) is 17.8. The van der Waals surface area contributed by atoms with Gasteiger partial charge in [-0.3, -0.25) is 4.79 Å². The normalized spacial score (nSPS) is 13.4. The zero-order valence-corrected chi connectivity index (χ0v) is 14.1. The van der Waals surface area contributed by atoms with E-state index in [1.54, 1.807) is 26.2 Å². The molecule has 2 aromatic carbocycles. The number of nitrogens with two attached hydrogens (primary N) is 1. The number of methoxy groups -OCH3 is 1. The molecule has 132 valence electrons. The largest absolute Gasteiger partial charge is 0.497 e. The number of amides is 1. The summed E-state index contributed by atoms with van der Waals surface area (Å²) in [6.45, 7) is 2.12. The van der Waals surface area contributed by atoms with Crippen molar-refractivity contribution in [3.63, 3.8) is 0 Å². The van der Waals surface area contributed by atoms with Crippen molar-refractivity contribution in [3.8, 4) is 17.2 Å². The minimum absolute atomic E-state index is 0.145. The second kappa shape index (κ2) is 7.31. The molecule has 1 aliphatic heterocycles. The molecule has 0 aromatic heterocycles. The van der Waals surface area contributed by atoms with Crippen molar-refractivity contribution in [1.29, 1.82) is 0 Å². The number of rotatable bonds is 6. The van der Waals surface area contributed by atoms with Crippen LogP contribution in [0.15, 0.2) is 36.4 Å². The topological polar surface area (TPSA) is 92.0 Å². The van der Waals surface area contributed by atoms with Gasteiger partial charge in [0.05, 0.1) is 25.1 Å². The molecule has 7 heteroatoms. The third-order valence-corrected chi connectivity index (χ3v) is 3.81. The smallest absolute Gasteiger partial charge is 0.253 e. The van der Waals surface area contributed by atoms with Gasteiger partial charge in [-0.25, -0.2) is 0 Å². The molecule has 25 heavy (non-hydrogen) atoms. The molecule has 2 aromatic rings. The molecule has 1 unspecified atom stereocenters. The predicted molar refractivity (Wildman–Crippen MR) is 92.9 cm³/mol. The highest BCUT2D eigenvalue weighted by Gasteiger charge is 2.19. The average molecular weight is 344 g/mol. The van der Waals surface area contributed by atoms with Crippen LogP contribution in [0.5, 0.6) is 17.2 Å². The number of fused-ring (bicyclic) bond motifs is 1. The molecular weight excluding hydrogens is 324 g/mol. The van der Waals surface area contributed by atoms with Gasteiger partial charge in [-0.05, 0) is 24.6 Å². The molecule has 0 bridgehead atoms. The van der Waals surface area contributed by atoms with E-state index in [0.29, 0.717) is 29.5 Å². The highest BCUT2D eigenvalue weighted by molar-refractivity contribution is 5.97. The molecule has 1 aliphatic rings. The number of carbonyl (C=O) groups is 1. The maximum Gasteiger partial charge on any atom is 0.253 e. The molecule has 0 fully saturated rings. The number of anilines is 2. The standard InChI is InChI=1S/C18H20N2O5/c1-11(23-9-12-4-3-5-13(6-12)22-2)18(21)20-15-8-17-16(7-14(15)19)24-10-25-17/h3-8,11H,9-10,19H2,1-2H3,(H,20,21). The molecule has 0 saturated heterocycles. The van der Waals surface area contributed by atoms with Crippen LogP contribution in [0, 0.1) is 0 Å². The molecular formula is C18H20N2O5. The van der Waals surface area contributed by atoms with Gasteiger partial charge in [0.25, 0.3) is 5.91 Å². The Labute approximate surface area is 145 Å². The molecule has 3 rings (SSSR count). The molecule has 3 N–H and O–H groups in total. The number of hydrogen-bond acceptors (Lipinski definition) is 6. The van der Waals surface area contributed by atoms with Gasteiger partial charge in [-0.2, -0.15) is 0 Å². The maximum absolute atomic E-state index is 12.3. The third-order valence-electron chi connectivity index (χ3n) is 3.81. The van der Waals surface area contributed by atoms with Gasteiger partial charge in [0.15, 0.2) is 11.5 Å². The van der Waals surface area contributed by atoms with E-state index in [2.05, 4.69) is 5.32 Å². The van der Waals surface area contributed by atoms with Crippen molar-refractivity contribution in [3.05, 3.63) is 42.0 Å². The number of ether oxygens (including phenoxy) is 4. The van der Waals surface area contributed by atoms with Crippen LogP contribution >= 0.6 is 0 Å². The molecule has 1 amide bonds. The van der Waals surface area contributed by atoms with Gasteiger partial charge in [-0.1, -0.05) is 12.1 Å². The van der Waals surface area contributed by atoms with E-state index in [-0.39, 0.29) is 12.7 Å². The number of nitrogens with one attached hydrogen (secondary N) is 1. The summed E-state index contributed by atoms with van der Waals surface area (Å²) >= 11 is 0. The Morgan fingerprint density at radius 3 is 2.80 bits per heavy atom. The Morgan fingerprint density at radius 2 is 2.04 bits per heavy atom. The lowest BCUT2D eigenvalue weighted by Gasteiger charge is -2.15. The van der Waals surface area contributed by atoms with Gasteiger partial charge in [0.2, 0.25) is 6.79 Å². The fourth-order valence-electron chi connectivity index (χ4n) is 2.36. The molecule has 7 nitrogen and oxygen atoms in total. The Hall–Kier alpha value is -2.93. The van der Waals surface area contributed by atoms with E-state index >= 15 is 0 Å². The predicted octanol–water partition coefficient (Wildman–Crippen LogP) is 2.55. The first-order valence-corrected chi connectivity index (χ1v) is 7.81. The lowest BCUT2D eigenvalue weighted by molar-refractivity contribution is -0.127. The van der Waals surface area contributed by atoms with Crippen molar-refractivity contribution in [2.24, 2.45) is 0 Å². The van der Waals surface area contributed by atoms with Gasteiger partial charge in [-0.15, -0.1) is 0 Å². The van der Waals surface area contributed by atoms with Crippen LogP contribution in [0.4, 0.5) is 11.4 Å². The first-order valence-electron chi connectivity index (χ1n) is 7.81. The molecule has 0 aliphatic carbocycles. The fraction of sp³-hybridized carbons (Fsp3) is 0.278. The van der Waals surface area contributed by atoms with E-state index in [1.165, 1.54) is 0 Å². The minimum atomic E-state index is -0.656. The van der Waals surface area contributed by atoms with E-state index in [9.17, 15) is 4.79 Å². The van der Waals surface area contributed by atoms with Gasteiger partial charge < -0.3 is 30.0 Å². The maximum atomic E-state index is 12.3. The fourth-order valence-corrected chi connectivity index (χ4v) is 2.36. The van der Waals surface area contributed by atoms with Gasteiger partial charge >= 0.3 is 0 Å². The van der Waals surface area contributed by atoms with Crippen LogP contribution in [-0.2, 0) is 16.1 Å². The van der Waals surface area contributed by atoms with Crippen LogP contribution in [-0.4, -0.2) is 25.9 Å². The van der Waals surface area contributed by atoms with Gasteiger partial charge in [0, 0.05) is 12.1 Å². The number of carbonyl (C=O) groups excluding carboxylic acids is 1. The summed E-state index contributed by atoms with van der Waals surface area (Å²) in [5.74, 6) is 1.56. The first kappa shape index (κ1) is 16.9. The Kier molecular flexibility index (Phi) is 4.95. The Bertz CT molecular complexity index is 778. The van der Waals surface area contributed by atoms with Crippen molar-refractivity contribution in [2.75, 3.05) is 25.0 Å². The van der Waals surface area contributed by atoms with Crippen LogP contribution in [0.1, 0.15) is 12.5 Å². The second-order valence-electron chi connectivity index (χ2n) is 5.59. The summed E-state index contributed by atoms with van der Waals surface area (Å²) < 4.78 is 21.3. The molecule has 1 heterocycles. The number of benzene rings is 2. The summed E-state index contributed by atoms with van der Waals surface area (Å²) in [5, 5.41) is 2.75. The second-order valence-corrected chi connectivity index (χ2v) is 5.59. The van der Waals surface area contributed by atoms with Gasteiger partial charge in [0.1, 0.15) is 11.9 Å².